The van der Waals surface area contributed by atoms with Gasteiger partial charge in [-0.05, 0) is 68.6 Å². The summed E-state index contributed by atoms with van der Waals surface area (Å²) >= 11 is 0. The summed E-state index contributed by atoms with van der Waals surface area (Å²) in [6.45, 7) is 18.7. The number of hydrogen-bond acceptors (Lipinski definition) is 2. The van der Waals surface area contributed by atoms with Gasteiger partial charge in [-0.25, -0.2) is 0 Å². The smallest absolute Gasteiger partial charge is 0.0607 e. The molecular weight excluding hydrogens is 284 g/mol. The van der Waals surface area contributed by atoms with Crippen molar-refractivity contribution in [3.63, 3.8) is 0 Å². The van der Waals surface area contributed by atoms with E-state index in [1.807, 2.05) is 0 Å². The van der Waals surface area contributed by atoms with Crippen molar-refractivity contribution in [2.24, 2.45) is 35.5 Å². The van der Waals surface area contributed by atoms with E-state index in [-0.39, 0.29) is 0 Å². The molecule has 0 N–H and O–H groups in total. The van der Waals surface area contributed by atoms with Crippen LogP contribution in [0.1, 0.15) is 74.7 Å². The Bertz CT molecular complexity index is 369. The average Bonchev–Trinajstić information content (AvgIpc) is 2.53. The van der Waals surface area contributed by atoms with Gasteiger partial charge >= 0.3 is 0 Å². The Balaban J connectivity index is 1.94. The largest absolute Gasteiger partial charge is 0.375 e. The van der Waals surface area contributed by atoms with E-state index in [0.29, 0.717) is 48.1 Å². The third-order valence-corrected chi connectivity index (χ3v) is 7.65. The quantitative estimate of drug-likeness (QED) is 0.675. The predicted octanol–water partition coefficient (Wildman–Crippen LogP) is 5.55. The Morgan fingerprint density at radius 1 is 0.565 bits per heavy atom. The second-order valence-electron chi connectivity index (χ2n) is 8.70. The summed E-state index contributed by atoms with van der Waals surface area (Å²) in [6, 6.07) is 0. The fraction of sp³-hybridized carbons (Fsp3) is 1.00. The second kappa shape index (κ2) is 7.87. The molecule has 2 heterocycles. The van der Waals surface area contributed by atoms with Gasteiger partial charge in [-0.3, -0.25) is 0 Å². The van der Waals surface area contributed by atoms with Crippen molar-refractivity contribution in [1.29, 1.82) is 0 Å². The second-order valence-corrected chi connectivity index (χ2v) is 8.70. The first-order valence-electron chi connectivity index (χ1n) is 10.1. The Kier molecular flexibility index (Phi) is 6.58. The SMILES string of the molecule is CCC1OC(C)C(CCC2OC(C)C(C)C(C)C2C)C(C)C1C. The third kappa shape index (κ3) is 3.95. The molecule has 0 saturated carbocycles. The highest BCUT2D eigenvalue weighted by Crippen LogP contribution is 2.41. The van der Waals surface area contributed by atoms with E-state index in [4.69, 9.17) is 9.47 Å². The lowest BCUT2D eigenvalue weighted by molar-refractivity contribution is -0.148. The molecule has 10 atom stereocenters. The minimum Gasteiger partial charge on any atom is -0.375 e. The van der Waals surface area contributed by atoms with Crippen LogP contribution in [-0.2, 0) is 9.47 Å². The molecule has 0 bridgehead atoms. The minimum absolute atomic E-state index is 0.388. The van der Waals surface area contributed by atoms with Gasteiger partial charge in [0.05, 0.1) is 24.4 Å². The number of ether oxygens (including phenoxy) is 2. The van der Waals surface area contributed by atoms with Crippen LogP contribution < -0.4 is 0 Å². The summed E-state index contributed by atoms with van der Waals surface area (Å²) in [5, 5.41) is 0. The maximum atomic E-state index is 6.37. The van der Waals surface area contributed by atoms with Crippen LogP contribution in [0.25, 0.3) is 0 Å². The van der Waals surface area contributed by atoms with Crippen molar-refractivity contribution >= 4 is 0 Å². The zero-order valence-corrected chi connectivity index (χ0v) is 16.7. The van der Waals surface area contributed by atoms with Crippen molar-refractivity contribution in [1.82, 2.24) is 0 Å². The standard InChI is InChI=1S/C21H40O2/c1-9-20-16(6)14(4)19(18(8)23-20)10-11-21-15(5)12(2)13(3)17(7)22-21/h12-21H,9-11H2,1-8H3. The van der Waals surface area contributed by atoms with Crippen LogP contribution in [0.3, 0.4) is 0 Å². The molecule has 2 fully saturated rings. The lowest BCUT2D eigenvalue weighted by Crippen LogP contribution is -2.46. The molecule has 2 rings (SSSR count). The summed E-state index contributed by atoms with van der Waals surface area (Å²) in [5.74, 6) is 4.18. The molecular formula is C21H40O2. The first kappa shape index (κ1) is 19.2. The molecule has 0 aromatic heterocycles. The fourth-order valence-electron chi connectivity index (χ4n) is 5.08. The molecule has 23 heavy (non-hydrogen) atoms. The molecule has 2 heteroatoms. The fourth-order valence-corrected chi connectivity index (χ4v) is 5.08. The minimum atomic E-state index is 0.388. The van der Waals surface area contributed by atoms with E-state index in [9.17, 15) is 0 Å². The highest BCUT2D eigenvalue weighted by Gasteiger charge is 2.41. The molecule has 2 aliphatic rings. The van der Waals surface area contributed by atoms with Crippen LogP contribution in [-0.4, -0.2) is 24.4 Å². The van der Waals surface area contributed by atoms with Gasteiger partial charge in [0.25, 0.3) is 0 Å². The summed E-state index contributed by atoms with van der Waals surface area (Å²) in [5.41, 5.74) is 0. The van der Waals surface area contributed by atoms with Crippen molar-refractivity contribution in [2.45, 2.75) is 99.1 Å². The van der Waals surface area contributed by atoms with E-state index < -0.39 is 0 Å². The molecule has 0 aromatic rings. The lowest BCUT2D eigenvalue weighted by Gasteiger charge is -2.46. The zero-order chi connectivity index (χ0) is 17.3. The van der Waals surface area contributed by atoms with E-state index >= 15 is 0 Å². The van der Waals surface area contributed by atoms with Gasteiger partial charge in [0.1, 0.15) is 0 Å². The Morgan fingerprint density at radius 2 is 1.13 bits per heavy atom. The molecule has 136 valence electrons. The molecule has 0 amide bonds. The molecule has 0 aromatic carbocycles. The third-order valence-electron chi connectivity index (χ3n) is 7.65. The zero-order valence-electron chi connectivity index (χ0n) is 16.7. The van der Waals surface area contributed by atoms with Crippen molar-refractivity contribution in [3.05, 3.63) is 0 Å². The van der Waals surface area contributed by atoms with Crippen LogP contribution >= 0.6 is 0 Å². The first-order valence-corrected chi connectivity index (χ1v) is 10.1. The monoisotopic (exact) mass is 324 g/mol. The van der Waals surface area contributed by atoms with Gasteiger partial charge in [0.2, 0.25) is 0 Å². The molecule has 0 spiro atoms. The van der Waals surface area contributed by atoms with E-state index in [1.54, 1.807) is 0 Å². The lowest BCUT2D eigenvalue weighted by atomic mass is 9.71. The molecule has 0 aliphatic carbocycles. The Labute approximate surface area is 144 Å². The topological polar surface area (TPSA) is 18.5 Å². The average molecular weight is 325 g/mol. The van der Waals surface area contributed by atoms with Gasteiger partial charge in [0.15, 0.2) is 0 Å². The van der Waals surface area contributed by atoms with Crippen molar-refractivity contribution in [3.8, 4) is 0 Å². The Morgan fingerprint density at radius 3 is 1.74 bits per heavy atom. The van der Waals surface area contributed by atoms with Crippen LogP contribution in [0.4, 0.5) is 0 Å². The van der Waals surface area contributed by atoms with Gasteiger partial charge in [-0.2, -0.15) is 0 Å². The summed E-state index contributed by atoms with van der Waals surface area (Å²) < 4.78 is 12.7. The summed E-state index contributed by atoms with van der Waals surface area (Å²) in [4.78, 5) is 0. The molecule has 10 unspecified atom stereocenters. The van der Waals surface area contributed by atoms with Crippen molar-refractivity contribution < 1.29 is 9.47 Å². The number of hydrogen-bond donors (Lipinski definition) is 0. The highest BCUT2D eigenvalue weighted by atomic mass is 16.5. The predicted molar refractivity (Wildman–Crippen MR) is 97.5 cm³/mol. The number of rotatable bonds is 4. The molecule has 2 saturated heterocycles. The summed E-state index contributed by atoms with van der Waals surface area (Å²) in [7, 11) is 0. The van der Waals surface area contributed by atoms with Crippen LogP contribution in [0, 0.1) is 35.5 Å². The molecule has 0 radical (unpaired) electrons. The highest BCUT2D eigenvalue weighted by molar-refractivity contribution is 4.89. The van der Waals surface area contributed by atoms with E-state index in [2.05, 4.69) is 55.4 Å². The first-order chi connectivity index (χ1) is 10.8. The Hall–Kier alpha value is -0.0800. The maximum Gasteiger partial charge on any atom is 0.0607 e. The van der Waals surface area contributed by atoms with Gasteiger partial charge < -0.3 is 9.47 Å². The van der Waals surface area contributed by atoms with Crippen LogP contribution in [0.2, 0.25) is 0 Å². The van der Waals surface area contributed by atoms with E-state index in [1.165, 1.54) is 12.8 Å². The summed E-state index contributed by atoms with van der Waals surface area (Å²) in [6.07, 6.45) is 5.22. The van der Waals surface area contributed by atoms with Gasteiger partial charge in [0, 0.05) is 0 Å². The van der Waals surface area contributed by atoms with Crippen molar-refractivity contribution in [2.75, 3.05) is 0 Å². The van der Waals surface area contributed by atoms with Crippen LogP contribution in [0.5, 0.6) is 0 Å². The molecule has 2 nitrogen and oxygen atoms in total. The maximum absolute atomic E-state index is 6.37. The van der Waals surface area contributed by atoms with Crippen LogP contribution in [0.15, 0.2) is 0 Å². The molecule has 2 aliphatic heterocycles. The van der Waals surface area contributed by atoms with Gasteiger partial charge in [-0.15, -0.1) is 0 Å². The van der Waals surface area contributed by atoms with Gasteiger partial charge in [-0.1, -0.05) is 41.5 Å². The normalized spacial score (nSPS) is 51.7. The van der Waals surface area contributed by atoms with E-state index in [0.717, 1.165) is 18.3 Å².